The maximum atomic E-state index is 14.3. The number of hydrogen-bond acceptors (Lipinski definition) is 14. The zero-order chi connectivity index (χ0) is 42.5. The van der Waals surface area contributed by atoms with Crippen LogP contribution < -0.4 is 54.8 Å². The second-order valence-electron chi connectivity index (χ2n) is 15.2. The summed E-state index contributed by atoms with van der Waals surface area (Å²) in [4.78, 5) is 58.4. The van der Waals surface area contributed by atoms with Crippen molar-refractivity contribution < 1.29 is 29.4 Å². The number of carbonyl (C=O) groups excluding carboxylic acids is 4. The van der Waals surface area contributed by atoms with Crippen LogP contribution in [0.5, 0.6) is 0 Å². The fourth-order valence-corrected chi connectivity index (χ4v) is 9.65. The van der Waals surface area contributed by atoms with Crippen LogP contribution in [0, 0.1) is 0 Å². The van der Waals surface area contributed by atoms with Crippen LogP contribution >= 0.6 is 21.6 Å². The minimum Gasteiger partial charge on any atom is -0.377 e. The number of benzene rings is 2. The average molecular weight is 854 g/mol. The number of β-amino-alcohol motifs (C(OH)–C–C–N with tert-alkyl or cyclic N) is 1. The lowest BCUT2D eigenvalue weighted by atomic mass is 9.82. The number of nitrogens with one attached hydrogen (secondary N) is 7. The average Bonchev–Trinajstić information content (AvgIpc) is 3.62. The molecule has 2 aromatic carbocycles. The number of aliphatic hydroxyl groups is 2. The Kier molecular flexibility index (Phi) is 17.6. The highest BCUT2D eigenvalue weighted by molar-refractivity contribution is 8.76. The molecule has 5 rings (SSSR count). The molecule has 0 bridgehead atoms. The number of H-pyrrole nitrogens is 1. The molecular formula is C40H59N11O6S2. The van der Waals surface area contributed by atoms with Crippen LogP contribution in [0.25, 0.3) is 17.0 Å². The van der Waals surface area contributed by atoms with Gasteiger partial charge in [0.2, 0.25) is 23.6 Å². The Morgan fingerprint density at radius 3 is 2.36 bits per heavy atom. The first-order chi connectivity index (χ1) is 28.3. The normalized spacial score (nSPS) is 27.0. The summed E-state index contributed by atoms with van der Waals surface area (Å²) in [5.74, 6) is -2.06. The molecule has 4 amide bonds. The van der Waals surface area contributed by atoms with Crippen molar-refractivity contribution in [3.05, 3.63) is 77.0 Å². The number of para-hydroxylation sites is 1. The number of aromatic nitrogens is 1. The van der Waals surface area contributed by atoms with E-state index in [2.05, 4.69) is 49.9 Å². The number of primary amides is 1. The van der Waals surface area contributed by atoms with E-state index in [1.165, 1.54) is 27.2 Å². The number of aliphatic hydroxyl groups excluding tert-OH is 2. The van der Waals surface area contributed by atoms with Crippen molar-refractivity contribution in [1.29, 1.82) is 0 Å². The fourth-order valence-electron chi connectivity index (χ4n) is 7.28. The molecule has 8 atom stereocenters. The first kappa shape index (κ1) is 46.1. The summed E-state index contributed by atoms with van der Waals surface area (Å²) in [6.45, 7) is 2.29. The molecule has 19 heteroatoms. The molecule has 3 aromatic rings. The standard InChI is InChI=1S/C40H59N11O6S2/c1-22-15-23(16-24-7-2-3-8-26(22)24)17-32-39(57)49-30(11-6-14-45-40(43)44)37(55)50-31(13-12-25-18-46-29-10-5-4-9-27(25)29)38(56)51-33(35(42)53)21-59-58-20-28(41)36(54)47-19-34(52)48-32/h2-5,7-10,16,18,22,28,30-34,36,40,45-48,52,54H,6,11-15,17,19-21,41,43-44H2,1H3,(H2,42,53)(H,49,57)(H,50,55)(H,51,56)/t22?,28-,30-,31?,32?,33-,34?,36?/m0/s1. The molecule has 17 N–H and O–H groups in total. The molecule has 1 aliphatic carbocycles. The van der Waals surface area contributed by atoms with Gasteiger partial charge < -0.3 is 54.1 Å². The highest BCUT2D eigenvalue weighted by Crippen LogP contribution is 2.35. The van der Waals surface area contributed by atoms with Gasteiger partial charge >= 0.3 is 0 Å². The number of rotatable bonds is 11. The predicted octanol–water partition coefficient (Wildman–Crippen LogP) is -0.501. The van der Waals surface area contributed by atoms with E-state index >= 15 is 0 Å². The lowest BCUT2D eigenvalue weighted by Crippen LogP contribution is -2.59. The maximum Gasteiger partial charge on any atom is 0.243 e. The van der Waals surface area contributed by atoms with E-state index in [4.69, 9.17) is 22.9 Å². The summed E-state index contributed by atoms with van der Waals surface area (Å²) in [6.07, 6.45) is 2.52. The lowest BCUT2D eigenvalue weighted by molar-refractivity contribution is -0.134. The van der Waals surface area contributed by atoms with Crippen LogP contribution in [0.2, 0.25) is 0 Å². The SMILES string of the molecule is CC1CC(CC2NC(O)CNC(O)[C@@H](N)CSSC[C@@H](C(N)=O)NC(=O)C(CCc3c[nH]c4ccccc34)NC(=O)[C@H](CCCNC(N)N)NC2=O)=Cc2ccccc21. The van der Waals surface area contributed by atoms with E-state index in [1.807, 2.05) is 54.7 Å². The molecule has 0 radical (unpaired) electrons. The van der Waals surface area contributed by atoms with Crippen molar-refractivity contribution in [2.45, 2.75) is 100 Å². The van der Waals surface area contributed by atoms with Gasteiger partial charge in [0.25, 0.3) is 0 Å². The molecule has 1 aliphatic heterocycles. The van der Waals surface area contributed by atoms with Crippen LogP contribution in [0.4, 0.5) is 0 Å². The van der Waals surface area contributed by atoms with Crippen molar-refractivity contribution in [2.24, 2.45) is 22.9 Å². The van der Waals surface area contributed by atoms with Gasteiger partial charge in [0.15, 0.2) is 0 Å². The van der Waals surface area contributed by atoms with E-state index in [-0.39, 0.29) is 43.2 Å². The quantitative estimate of drug-likeness (QED) is 0.0658. The van der Waals surface area contributed by atoms with Crippen molar-refractivity contribution in [3.63, 3.8) is 0 Å². The van der Waals surface area contributed by atoms with Crippen LogP contribution in [0.1, 0.15) is 61.6 Å². The number of aromatic amines is 1. The second-order valence-corrected chi connectivity index (χ2v) is 17.7. The van der Waals surface area contributed by atoms with Crippen molar-refractivity contribution in [2.75, 3.05) is 24.6 Å². The monoisotopic (exact) mass is 853 g/mol. The number of nitrogens with two attached hydrogens (primary N) is 4. The van der Waals surface area contributed by atoms with Crippen LogP contribution in [0.15, 0.2) is 60.3 Å². The van der Waals surface area contributed by atoms with E-state index < -0.39 is 72.6 Å². The Labute approximate surface area is 352 Å². The van der Waals surface area contributed by atoms with Gasteiger partial charge in [-0.15, -0.1) is 0 Å². The summed E-state index contributed by atoms with van der Waals surface area (Å²) < 4.78 is 0. The predicted molar refractivity (Wildman–Crippen MR) is 233 cm³/mol. The van der Waals surface area contributed by atoms with Gasteiger partial charge in [-0.3, -0.25) is 35.1 Å². The molecule has 2 heterocycles. The Hall–Kier alpha value is -4.02. The third-order valence-corrected chi connectivity index (χ3v) is 13.0. The van der Waals surface area contributed by atoms with Crippen LogP contribution in [0.3, 0.4) is 0 Å². The third kappa shape index (κ3) is 13.8. The molecule has 1 saturated heterocycles. The Morgan fingerprint density at radius 2 is 1.59 bits per heavy atom. The van der Waals surface area contributed by atoms with Crippen LogP contribution in [-0.2, 0) is 25.6 Å². The zero-order valence-corrected chi connectivity index (χ0v) is 34.8. The molecular weight excluding hydrogens is 795 g/mol. The second kappa shape index (κ2) is 22.5. The number of amides is 4. The zero-order valence-electron chi connectivity index (χ0n) is 33.2. The fraction of sp³-hybridized carbons (Fsp3) is 0.500. The largest absolute Gasteiger partial charge is 0.377 e. The Morgan fingerprint density at radius 1 is 0.915 bits per heavy atom. The van der Waals surface area contributed by atoms with Gasteiger partial charge in [-0.1, -0.05) is 82.6 Å². The lowest BCUT2D eigenvalue weighted by Gasteiger charge is -2.30. The van der Waals surface area contributed by atoms with Gasteiger partial charge in [0.05, 0.1) is 12.1 Å². The Balaban J connectivity index is 1.44. The highest BCUT2D eigenvalue weighted by atomic mass is 33.1. The van der Waals surface area contributed by atoms with Gasteiger partial charge in [0, 0.05) is 35.2 Å². The summed E-state index contributed by atoms with van der Waals surface area (Å²) >= 11 is 0. The van der Waals surface area contributed by atoms with E-state index in [1.54, 1.807) is 0 Å². The summed E-state index contributed by atoms with van der Waals surface area (Å²) in [7, 11) is 2.52. The smallest absolute Gasteiger partial charge is 0.243 e. The number of hydrogen-bond donors (Lipinski definition) is 13. The van der Waals surface area contributed by atoms with E-state index in [0.717, 1.165) is 27.6 Å². The molecule has 2 aliphatic rings. The molecule has 322 valence electrons. The third-order valence-electron chi connectivity index (χ3n) is 10.5. The van der Waals surface area contributed by atoms with Gasteiger partial charge in [-0.2, -0.15) is 0 Å². The topological polar surface area (TPSA) is 301 Å². The summed E-state index contributed by atoms with van der Waals surface area (Å²) in [5.41, 5.74) is 28.4. The van der Waals surface area contributed by atoms with Crippen molar-refractivity contribution in [3.8, 4) is 0 Å². The summed E-state index contributed by atoms with van der Waals surface area (Å²) in [6, 6.07) is 10.6. The van der Waals surface area contributed by atoms with Gasteiger partial charge in [0.1, 0.15) is 36.9 Å². The molecule has 0 spiro atoms. The van der Waals surface area contributed by atoms with Crippen molar-refractivity contribution in [1.82, 2.24) is 36.9 Å². The minimum atomic E-state index is -1.30. The first-order valence-electron chi connectivity index (χ1n) is 19.9. The number of aryl methyl sites for hydroxylation is 1. The highest BCUT2D eigenvalue weighted by Gasteiger charge is 2.33. The van der Waals surface area contributed by atoms with Gasteiger partial charge in [-0.05, 0) is 73.7 Å². The van der Waals surface area contributed by atoms with Gasteiger partial charge in [-0.25, -0.2) is 0 Å². The molecule has 1 aromatic heterocycles. The maximum absolute atomic E-state index is 14.3. The summed E-state index contributed by atoms with van der Waals surface area (Å²) in [5, 5.41) is 40.1. The van der Waals surface area contributed by atoms with Crippen molar-refractivity contribution >= 4 is 62.2 Å². The molecule has 59 heavy (non-hydrogen) atoms. The molecule has 0 saturated carbocycles. The molecule has 17 nitrogen and oxygen atoms in total. The number of fused-ring (bicyclic) bond motifs is 2. The molecule has 5 unspecified atom stereocenters. The minimum absolute atomic E-state index is 0.0882. The van der Waals surface area contributed by atoms with Crippen LogP contribution in [-0.4, -0.2) is 112 Å². The van der Waals surface area contributed by atoms with E-state index in [0.29, 0.717) is 25.8 Å². The van der Waals surface area contributed by atoms with E-state index in [9.17, 15) is 29.4 Å². The number of carbonyl (C=O) groups is 4. The molecule has 1 fully saturated rings. The first-order valence-corrected chi connectivity index (χ1v) is 22.4. The Bertz CT molecular complexity index is 1910.